The highest BCUT2D eigenvalue weighted by Gasteiger charge is 2.05. The molecule has 0 saturated heterocycles. The summed E-state index contributed by atoms with van der Waals surface area (Å²) in [5.41, 5.74) is 1.28. The monoisotopic (exact) mass is 471 g/mol. The van der Waals surface area contributed by atoms with Gasteiger partial charge in [-0.15, -0.1) is 24.0 Å². The third-order valence-corrected chi connectivity index (χ3v) is 3.94. The highest BCUT2D eigenvalue weighted by Crippen LogP contribution is 2.11. The number of guanidine groups is 1. The molecule has 0 fully saturated rings. The van der Waals surface area contributed by atoms with Crippen LogP contribution in [0.4, 0.5) is 0 Å². The van der Waals surface area contributed by atoms with Gasteiger partial charge in [0, 0.05) is 31.7 Å². The predicted octanol–water partition coefficient (Wildman–Crippen LogP) is 3.83. The van der Waals surface area contributed by atoms with Crippen LogP contribution in [-0.4, -0.2) is 43.5 Å². The lowest BCUT2D eigenvalue weighted by atomic mass is 10.2. The molecule has 0 spiro atoms. The Bertz CT molecular complexity index is 398. The molecule has 0 radical (unpaired) electrons. The second kappa shape index (κ2) is 11.7. The minimum absolute atomic E-state index is 0. The Balaban J connectivity index is 0.00000361. The van der Waals surface area contributed by atoms with Crippen molar-refractivity contribution >= 4 is 57.6 Å². The Morgan fingerprint density at radius 1 is 1.35 bits per heavy atom. The van der Waals surface area contributed by atoms with E-state index in [4.69, 9.17) is 0 Å². The van der Waals surface area contributed by atoms with Gasteiger partial charge >= 0.3 is 0 Å². The van der Waals surface area contributed by atoms with Crippen LogP contribution in [0.25, 0.3) is 0 Å². The molecule has 1 aromatic carbocycles. The van der Waals surface area contributed by atoms with Gasteiger partial charge in [0.1, 0.15) is 0 Å². The molecule has 0 unspecified atom stereocenters. The number of aliphatic imine (C=N–C) groups is 1. The van der Waals surface area contributed by atoms with Gasteiger partial charge in [0.25, 0.3) is 0 Å². The Morgan fingerprint density at radius 3 is 2.55 bits per heavy atom. The smallest absolute Gasteiger partial charge is 0.193 e. The summed E-state index contributed by atoms with van der Waals surface area (Å²) in [5, 5.41) is 3.39. The predicted molar refractivity (Wildman–Crippen MR) is 105 cm³/mol. The van der Waals surface area contributed by atoms with Crippen LogP contribution in [0, 0.1) is 0 Å². The Morgan fingerprint density at radius 2 is 2.00 bits per heavy atom. The molecule has 20 heavy (non-hydrogen) atoms. The fourth-order valence-corrected chi connectivity index (χ4v) is 2.44. The average Bonchev–Trinajstić information content (AvgIpc) is 2.41. The number of hydrogen-bond acceptors (Lipinski definition) is 2. The van der Waals surface area contributed by atoms with E-state index in [2.05, 4.69) is 68.7 Å². The molecule has 1 aromatic rings. The summed E-state index contributed by atoms with van der Waals surface area (Å²) < 4.78 is 1.11. The van der Waals surface area contributed by atoms with Crippen LogP contribution < -0.4 is 5.32 Å². The standard InChI is InChI=1S/C14H22BrN3S.HI/c1-16-14(17-9-4-10-19-3)18(2)11-12-5-7-13(15)8-6-12;/h5-8H,4,9-11H2,1-3H3,(H,16,17);1H. The van der Waals surface area contributed by atoms with Gasteiger partial charge in [0.15, 0.2) is 5.96 Å². The average molecular weight is 472 g/mol. The minimum Gasteiger partial charge on any atom is -0.356 e. The zero-order chi connectivity index (χ0) is 14.1. The SMILES string of the molecule is CN=C(NCCCSC)N(C)Cc1ccc(Br)cc1.I. The number of halogens is 2. The van der Waals surface area contributed by atoms with E-state index >= 15 is 0 Å². The molecule has 114 valence electrons. The van der Waals surface area contributed by atoms with Crippen LogP contribution in [0.1, 0.15) is 12.0 Å². The van der Waals surface area contributed by atoms with Crippen molar-refractivity contribution in [3.8, 4) is 0 Å². The first-order valence-electron chi connectivity index (χ1n) is 6.32. The van der Waals surface area contributed by atoms with Crippen LogP contribution in [0.3, 0.4) is 0 Å². The topological polar surface area (TPSA) is 27.6 Å². The lowest BCUT2D eigenvalue weighted by Crippen LogP contribution is -2.39. The van der Waals surface area contributed by atoms with Gasteiger partial charge < -0.3 is 10.2 Å². The Kier molecular flexibility index (Phi) is 11.7. The number of nitrogens with one attached hydrogen (secondary N) is 1. The zero-order valence-corrected chi connectivity index (χ0v) is 17.0. The zero-order valence-electron chi connectivity index (χ0n) is 12.2. The van der Waals surface area contributed by atoms with E-state index in [1.165, 1.54) is 11.3 Å². The van der Waals surface area contributed by atoms with Gasteiger partial charge in [-0.3, -0.25) is 4.99 Å². The lowest BCUT2D eigenvalue weighted by Gasteiger charge is -2.22. The van der Waals surface area contributed by atoms with E-state index in [-0.39, 0.29) is 24.0 Å². The fraction of sp³-hybridized carbons (Fsp3) is 0.500. The summed E-state index contributed by atoms with van der Waals surface area (Å²) in [6.45, 7) is 1.83. The van der Waals surface area contributed by atoms with E-state index < -0.39 is 0 Å². The van der Waals surface area contributed by atoms with Gasteiger partial charge in [-0.25, -0.2) is 0 Å². The van der Waals surface area contributed by atoms with Gasteiger partial charge in [0.05, 0.1) is 0 Å². The molecule has 1 rings (SSSR count). The maximum Gasteiger partial charge on any atom is 0.193 e. The summed E-state index contributed by atoms with van der Waals surface area (Å²) >= 11 is 5.33. The normalized spacial score (nSPS) is 10.9. The molecule has 0 atom stereocenters. The molecule has 6 heteroatoms. The highest BCUT2D eigenvalue weighted by atomic mass is 127. The van der Waals surface area contributed by atoms with Crippen molar-refractivity contribution in [2.75, 3.05) is 32.6 Å². The second-order valence-corrected chi connectivity index (χ2v) is 6.20. The van der Waals surface area contributed by atoms with Crippen molar-refractivity contribution in [2.45, 2.75) is 13.0 Å². The molecule has 0 saturated carbocycles. The molecular formula is C14H23BrIN3S. The molecule has 0 aliphatic heterocycles. The first kappa shape index (κ1) is 20.1. The largest absolute Gasteiger partial charge is 0.356 e. The van der Waals surface area contributed by atoms with Crippen LogP contribution in [0.15, 0.2) is 33.7 Å². The maximum absolute atomic E-state index is 4.31. The first-order valence-corrected chi connectivity index (χ1v) is 8.51. The molecule has 3 nitrogen and oxygen atoms in total. The molecule has 1 N–H and O–H groups in total. The summed E-state index contributed by atoms with van der Waals surface area (Å²) in [6, 6.07) is 8.39. The van der Waals surface area contributed by atoms with Crippen molar-refractivity contribution in [2.24, 2.45) is 4.99 Å². The van der Waals surface area contributed by atoms with Gasteiger partial charge in [-0.05, 0) is 36.1 Å². The third kappa shape index (κ3) is 7.73. The van der Waals surface area contributed by atoms with E-state index in [0.717, 1.165) is 29.9 Å². The summed E-state index contributed by atoms with van der Waals surface area (Å²) in [7, 11) is 3.89. The van der Waals surface area contributed by atoms with E-state index in [0.29, 0.717) is 0 Å². The van der Waals surface area contributed by atoms with Crippen molar-refractivity contribution in [1.29, 1.82) is 0 Å². The van der Waals surface area contributed by atoms with Crippen LogP contribution in [0.5, 0.6) is 0 Å². The quantitative estimate of drug-likeness (QED) is 0.295. The fourth-order valence-electron chi connectivity index (χ4n) is 1.74. The summed E-state index contributed by atoms with van der Waals surface area (Å²) in [6.07, 6.45) is 3.29. The van der Waals surface area contributed by atoms with Crippen molar-refractivity contribution < 1.29 is 0 Å². The first-order chi connectivity index (χ1) is 9.17. The van der Waals surface area contributed by atoms with Crippen LogP contribution in [0.2, 0.25) is 0 Å². The molecule has 0 amide bonds. The molecular weight excluding hydrogens is 449 g/mol. The second-order valence-electron chi connectivity index (χ2n) is 4.30. The molecule has 0 bridgehead atoms. The molecule has 0 heterocycles. The van der Waals surface area contributed by atoms with Gasteiger partial charge in [0.2, 0.25) is 0 Å². The van der Waals surface area contributed by atoms with Crippen LogP contribution in [-0.2, 0) is 6.54 Å². The Hall–Kier alpha value is 0.0500. The molecule has 0 aliphatic carbocycles. The lowest BCUT2D eigenvalue weighted by molar-refractivity contribution is 0.477. The highest BCUT2D eigenvalue weighted by molar-refractivity contribution is 14.0. The van der Waals surface area contributed by atoms with Gasteiger partial charge in [-0.2, -0.15) is 11.8 Å². The summed E-state index contributed by atoms with van der Waals surface area (Å²) in [4.78, 5) is 6.46. The van der Waals surface area contributed by atoms with Crippen LogP contribution >= 0.6 is 51.7 Å². The van der Waals surface area contributed by atoms with E-state index in [9.17, 15) is 0 Å². The number of thioether (sulfide) groups is 1. The van der Waals surface area contributed by atoms with Crippen molar-refractivity contribution in [1.82, 2.24) is 10.2 Å². The maximum atomic E-state index is 4.31. The van der Waals surface area contributed by atoms with Gasteiger partial charge in [-0.1, -0.05) is 28.1 Å². The molecule has 0 aliphatic rings. The number of rotatable bonds is 6. The van der Waals surface area contributed by atoms with E-state index in [1.54, 1.807) is 0 Å². The van der Waals surface area contributed by atoms with Crippen molar-refractivity contribution in [3.05, 3.63) is 34.3 Å². The van der Waals surface area contributed by atoms with E-state index in [1.807, 2.05) is 18.8 Å². The third-order valence-electron chi connectivity index (χ3n) is 2.71. The number of benzene rings is 1. The minimum atomic E-state index is 0. The molecule has 0 aromatic heterocycles. The number of hydrogen-bond donors (Lipinski definition) is 1. The summed E-state index contributed by atoms with van der Waals surface area (Å²) in [5.74, 6) is 2.13. The Labute approximate surface area is 152 Å². The van der Waals surface area contributed by atoms with Crippen molar-refractivity contribution in [3.63, 3.8) is 0 Å². The number of nitrogens with zero attached hydrogens (tertiary/aromatic N) is 2.